The highest BCUT2D eigenvalue weighted by atomic mass is 35.5. The van der Waals surface area contributed by atoms with E-state index in [0.717, 1.165) is 28.1 Å². The third-order valence-electron chi connectivity index (χ3n) is 6.54. The summed E-state index contributed by atoms with van der Waals surface area (Å²) in [5.74, 6) is 0.667. The second kappa shape index (κ2) is 10.6. The fraction of sp³-hybridized carbons (Fsp3) is 0.100. The molecular weight excluding hydrogens is 526 g/mol. The van der Waals surface area contributed by atoms with Crippen molar-refractivity contribution in [1.29, 1.82) is 0 Å². The Labute approximate surface area is 234 Å². The second-order valence-electron chi connectivity index (χ2n) is 9.22. The number of benzene rings is 3. The molecule has 3 aromatic carbocycles. The van der Waals surface area contributed by atoms with Gasteiger partial charge in [-0.1, -0.05) is 65.3 Å². The molecule has 40 heavy (non-hydrogen) atoms. The SMILES string of the molecule is COc1cc(-c2cn(-c3cnn(Cc4ccc(Cl)cc4)c(=O)c3-c3ccccc3)nn2)ccc1-n1cnc(C)c1. The standard InChI is InChI=1S/C30H24ClN7O2/c1-20-16-36(19-32-20)26-13-10-23(14-28(26)40-2)25-18-37(35-34-25)27-15-33-38(17-21-8-11-24(31)12-9-21)30(39)29(27)22-6-4-3-5-7-22/h3-16,18-19H,17H2,1-2H3. The van der Waals surface area contributed by atoms with Crippen molar-refractivity contribution in [3.63, 3.8) is 0 Å². The lowest BCUT2D eigenvalue weighted by atomic mass is 10.1. The molecule has 0 aliphatic carbocycles. The van der Waals surface area contributed by atoms with Gasteiger partial charge in [0.2, 0.25) is 0 Å². The number of hydrogen-bond donors (Lipinski definition) is 0. The number of halogens is 1. The summed E-state index contributed by atoms with van der Waals surface area (Å²) >= 11 is 6.03. The molecule has 0 aliphatic rings. The largest absolute Gasteiger partial charge is 0.495 e. The maximum Gasteiger partial charge on any atom is 0.277 e. The predicted molar refractivity (Wildman–Crippen MR) is 153 cm³/mol. The van der Waals surface area contributed by atoms with Gasteiger partial charge < -0.3 is 9.30 Å². The number of methoxy groups -OCH3 is 1. The second-order valence-corrected chi connectivity index (χ2v) is 9.65. The zero-order valence-electron chi connectivity index (χ0n) is 21.8. The lowest BCUT2D eigenvalue weighted by molar-refractivity contribution is 0.413. The van der Waals surface area contributed by atoms with Crippen LogP contribution in [0.5, 0.6) is 5.75 Å². The predicted octanol–water partition coefficient (Wildman–Crippen LogP) is 5.36. The Morgan fingerprint density at radius 3 is 2.45 bits per heavy atom. The van der Waals surface area contributed by atoms with Gasteiger partial charge in [-0.2, -0.15) is 5.10 Å². The fourth-order valence-corrected chi connectivity index (χ4v) is 4.65. The van der Waals surface area contributed by atoms with Crippen LogP contribution in [0.15, 0.2) is 103 Å². The molecule has 0 amide bonds. The van der Waals surface area contributed by atoms with Crippen LogP contribution in [-0.4, -0.2) is 41.4 Å². The average molecular weight is 550 g/mol. The number of hydrogen-bond acceptors (Lipinski definition) is 6. The maximum atomic E-state index is 13.8. The molecule has 10 heteroatoms. The van der Waals surface area contributed by atoms with Crippen molar-refractivity contribution >= 4 is 11.6 Å². The number of nitrogens with zero attached hydrogens (tertiary/aromatic N) is 7. The lowest BCUT2D eigenvalue weighted by Crippen LogP contribution is -2.26. The van der Waals surface area contributed by atoms with Crippen molar-refractivity contribution in [2.75, 3.05) is 7.11 Å². The molecule has 0 aliphatic heterocycles. The molecule has 0 unspecified atom stereocenters. The van der Waals surface area contributed by atoms with Gasteiger partial charge in [-0.15, -0.1) is 5.10 Å². The van der Waals surface area contributed by atoms with Crippen LogP contribution >= 0.6 is 11.6 Å². The summed E-state index contributed by atoms with van der Waals surface area (Å²) in [5, 5.41) is 13.9. The molecule has 9 nitrogen and oxygen atoms in total. The zero-order valence-corrected chi connectivity index (χ0v) is 22.5. The van der Waals surface area contributed by atoms with E-state index in [0.29, 0.717) is 34.3 Å². The number of aryl methyl sites for hydroxylation is 1. The van der Waals surface area contributed by atoms with Gasteiger partial charge in [-0.3, -0.25) is 4.79 Å². The van der Waals surface area contributed by atoms with Gasteiger partial charge in [-0.05, 0) is 42.3 Å². The quantitative estimate of drug-likeness (QED) is 0.266. The molecule has 0 fully saturated rings. The molecular formula is C30H24ClN7O2. The molecule has 0 spiro atoms. The number of ether oxygens (including phenoxy) is 1. The summed E-state index contributed by atoms with van der Waals surface area (Å²) in [5.41, 5.74) is 5.64. The summed E-state index contributed by atoms with van der Waals surface area (Å²) in [4.78, 5) is 18.1. The lowest BCUT2D eigenvalue weighted by Gasteiger charge is -2.12. The highest BCUT2D eigenvalue weighted by molar-refractivity contribution is 6.30. The average Bonchev–Trinajstić information content (AvgIpc) is 3.65. The van der Waals surface area contributed by atoms with Crippen molar-refractivity contribution in [2.45, 2.75) is 13.5 Å². The minimum atomic E-state index is -0.239. The van der Waals surface area contributed by atoms with Crippen LogP contribution in [0.25, 0.3) is 33.8 Å². The monoisotopic (exact) mass is 549 g/mol. The van der Waals surface area contributed by atoms with E-state index in [9.17, 15) is 4.79 Å². The van der Waals surface area contributed by atoms with Gasteiger partial charge in [0.15, 0.2) is 0 Å². The van der Waals surface area contributed by atoms with Gasteiger partial charge in [0.25, 0.3) is 5.56 Å². The van der Waals surface area contributed by atoms with Gasteiger partial charge in [0.05, 0.1) is 55.0 Å². The summed E-state index contributed by atoms with van der Waals surface area (Å²) in [7, 11) is 1.63. The summed E-state index contributed by atoms with van der Waals surface area (Å²) in [6.45, 7) is 2.24. The Morgan fingerprint density at radius 2 is 1.73 bits per heavy atom. The zero-order chi connectivity index (χ0) is 27.6. The molecule has 0 saturated carbocycles. The van der Waals surface area contributed by atoms with Gasteiger partial charge in [0, 0.05) is 16.8 Å². The summed E-state index contributed by atoms with van der Waals surface area (Å²) < 4.78 is 10.6. The van der Waals surface area contributed by atoms with E-state index in [-0.39, 0.29) is 5.56 Å². The highest BCUT2D eigenvalue weighted by Crippen LogP contribution is 2.30. The number of rotatable bonds is 7. The Bertz CT molecular complexity index is 1860. The molecule has 198 valence electrons. The first-order chi connectivity index (χ1) is 19.5. The van der Waals surface area contributed by atoms with Crippen molar-refractivity contribution in [2.24, 2.45) is 0 Å². The fourth-order valence-electron chi connectivity index (χ4n) is 4.52. The topological polar surface area (TPSA) is 92.6 Å². The van der Waals surface area contributed by atoms with Crippen LogP contribution in [0.2, 0.25) is 5.02 Å². The van der Waals surface area contributed by atoms with Crippen molar-refractivity contribution in [3.8, 4) is 39.5 Å². The van der Waals surface area contributed by atoms with Crippen molar-refractivity contribution in [3.05, 3.63) is 124 Å². The molecule has 0 atom stereocenters. The van der Waals surface area contributed by atoms with E-state index >= 15 is 0 Å². The highest BCUT2D eigenvalue weighted by Gasteiger charge is 2.18. The van der Waals surface area contributed by atoms with E-state index < -0.39 is 0 Å². The third-order valence-corrected chi connectivity index (χ3v) is 6.79. The normalized spacial score (nSPS) is 11.1. The molecule has 0 radical (unpaired) electrons. The van der Waals surface area contributed by atoms with Crippen LogP contribution in [-0.2, 0) is 6.54 Å². The summed E-state index contributed by atoms with van der Waals surface area (Å²) in [6, 6.07) is 22.6. The first-order valence-electron chi connectivity index (χ1n) is 12.5. The van der Waals surface area contributed by atoms with Crippen molar-refractivity contribution in [1.82, 2.24) is 34.3 Å². The number of imidazole rings is 1. The van der Waals surface area contributed by atoms with E-state index in [1.54, 1.807) is 42.6 Å². The smallest absolute Gasteiger partial charge is 0.277 e. The molecule has 3 heterocycles. The van der Waals surface area contributed by atoms with Crippen LogP contribution < -0.4 is 10.3 Å². The molecule has 6 aromatic rings. The van der Waals surface area contributed by atoms with Gasteiger partial charge in [-0.25, -0.2) is 14.3 Å². The molecule has 0 bridgehead atoms. The van der Waals surface area contributed by atoms with Crippen molar-refractivity contribution < 1.29 is 4.74 Å². The van der Waals surface area contributed by atoms with E-state index in [4.69, 9.17) is 16.3 Å². The van der Waals surface area contributed by atoms with E-state index in [1.165, 1.54) is 4.68 Å². The van der Waals surface area contributed by atoms with Gasteiger partial charge in [0.1, 0.15) is 11.4 Å². The van der Waals surface area contributed by atoms with E-state index in [1.807, 2.05) is 78.4 Å². The van der Waals surface area contributed by atoms with E-state index in [2.05, 4.69) is 20.4 Å². The minimum absolute atomic E-state index is 0.239. The molecule has 0 N–H and O–H groups in total. The Morgan fingerprint density at radius 1 is 0.925 bits per heavy atom. The Hall–Kier alpha value is -5.02. The first-order valence-corrected chi connectivity index (χ1v) is 12.9. The van der Waals surface area contributed by atoms with Crippen LogP contribution in [0.4, 0.5) is 0 Å². The maximum absolute atomic E-state index is 13.8. The molecule has 0 saturated heterocycles. The molecule has 3 aromatic heterocycles. The Kier molecular flexibility index (Phi) is 6.71. The van der Waals surface area contributed by atoms with Crippen LogP contribution in [0.3, 0.4) is 0 Å². The number of aromatic nitrogens is 7. The summed E-state index contributed by atoms with van der Waals surface area (Å²) in [6.07, 6.45) is 7.10. The van der Waals surface area contributed by atoms with Crippen LogP contribution in [0.1, 0.15) is 11.3 Å². The first kappa shape index (κ1) is 25.3. The van der Waals surface area contributed by atoms with Gasteiger partial charge >= 0.3 is 0 Å². The molecule has 6 rings (SSSR count). The third kappa shape index (κ3) is 4.90. The Balaban J connectivity index is 1.40. The minimum Gasteiger partial charge on any atom is -0.495 e. The van der Waals surface area contributed by atoms with Crippen LogP contribution in [0, 0.1) is 6.92 Å².